The third-order valence-corrected chi connectivity index (χ3v) is 0.612. The molecule has 0 radical (unpaired) electrons. The lowest BCUT2D eigenvalue weighted by Gasteiger charge is -1.95. The molecule has 76 valence electrons. The zero-order valence-electron chi connectivity index (χ0n) is 7.87. The number of amides is 1. The third-order valence-electron chi connectivity index (χ3n) is 0.612. The summed E-state index contributed by atoms with van der Waals surface area (Å²) in [5.41, 5.74) is 9.70. The number of hydrogen-bond acceptors (Lipinski definition) is 3. The average molecular weight is 186 g/mol. The van der Waals surface area contributed by atoms with Gasteiger partial charge >= 0.3 is 0 Å². The monoisotopic (exact) mass is 186 g/mol. The van der Waals surface area contributed by atoms with Crippen molar-refractivity contribution in [1.82, 2.24) is 0 Å². The zero-order valence-corrected chi connectivity index (χ0v) is 7.87. The maximum absolute atomic E-state index is 9.95. The number of nitrogens with two attached hydrogens (primary N) is 2. The van der Waals surface area contributed by atoms with Crippen LogP contribution in [0.25, 0.3) is 0 Å². The summed E-state index contributed by atoms with van der Waals surface area (Å²) in [6.45, 7) is 12.8. The molecule has 0 heterocycles. The van der Waals surface area contributed by atoms with E-state index in [9.17, 15) is 9.59 Å². The summed E-state index contributed by atoms with van der Waals surface area (Å²) >= 11 is 0. The molecule has 4 N–H and O–H groups in total. The van der Waals surface area contributed by atoms with Crippen molar-refractivity contribution in [2.24, 2.45) is 11.5 Å². The van der Waals surface area contributed by atoms with Gasteiger partial charge in [-0.1, -0.05) is 0 Å². The second-order valence-corrected chi connectivity index (χ2v) is 1.82. The predicted molar refractivity (Wildman–Crippen MR) is 54.4 cm³/mol. The van der Waals surface area contributed by atoms with Gasteiger partial charge in [0, 0.05) is 13.3 Å². The molecule has 0 rings (SSSR count). The lowest BCUT2D eigenvalue weighted by molar-refractivity contribution is -0.120. The van der Waals surface area contributed by atoms with Crippen molar-refractivity contribution in [3.05, 3.63) is 27.0 Å². The topological polar surface area (TPSA) is 86.2 Å². The maximum Gasteiger partial charge on any atom is 0.219 e. The Labute approximate surface area is 80.0 Å². The van der Waals surface area contributed by atoms with E-state index in [1.807, 2.05) is 0 Å². The van der Waals surface area contributed by atoms with Crippen LogP contribution in [0.15, 0.2) is 13.2 Å². The third kappa shape index (κ3) is 36.6. The number of carbonyl (C=O) groups excluding carboxylic acids is 2. The van der Waals surface area contributed by atoms with Crippen LogP contribution in [0.1, 0.15) is 12.8 Å². The molecule has 0 aliphatic carbocycles. The number of rotatable bonds is 3. The molecule has 13 heavy (non-hydrogen) atoms. The van der Waals surface area contributed by atoms with E-state index in [4.69, 9.17) is 11.5 Å². The van der Waals surface area contributed by atoms with Crippen molar-refractivity contribution >= 4 is 12.2 Å². The summed E-state index contributed by atoms with van der Waals surface area (Å²) < 4.78 is 0. The van der Waals surface area contributed by atoms with Crippen molar-refractivity contribution in [2.45, 2.75) is 18.9 Å². The average Bonchev–Trinajstić information content (AvgIpc) is 2.08. The Hall–Kier alpha value is -1.29. The van der Waals surface area contributed by atoms with Gasteiger partial charge in [-0.05, 0) is 6.42 Å². The van der Waals surface area contributed by atoms with Crippen molar-refractivity contribution in [1.29, 1.82) is 0 Å². The van der Waals surface area contributed by atoms with Crippen LogP contribution in [-0.4, -0.2) is 18.2 Å². The Morgan fingerprint density at radius 3 is 2.00 bits per heavy atom. The summed E-state index contributed by atoms with van der Waals surface area (Å²) in [7, 11) is 0. The van der Waals surface area contributed by atoms with Crippen molar-refractivity contribution in [2.75, 3.05) is 0 Å². The van der Waals surface area contributed by atoms with Crippen LogP contribution < -0.4 is 11.5 Å². The van der Waals surface area contributed by atoms with Gasteiger partial charge in [0.1, 0.15) is 6.29 Å². The Kier molecular flexibility index (Phi) is 23.1. The first kappa shape index (κ1) is 17.7. The van der Waals surface area contributed by atoms with Gasteiger partial charge in [-0.3, -0.25) is 11.7 Å². The summed E-state index contributed by atoms with van der Waals surface area (Å²) in [5.74, 6) is -0.551. The molecule has 0 saturated heterocycles. The second-order valence-electron chi connectivity index (χ2n) is 1.82. The van der Waals surface area contributed by atoms with E-state index >= 15 is 0 Å². The van der Waals surface area contributed by atoms with Crippen LogP contribution in [0.3, 0.4) is 0 Å². The van der Waals surface area contributed by atoms with Gasteiger partial charge < -0.3 is 16.3 Å². The fourth-order valence-electron chi connectivity index (χ4n) is 0.280. The predicted octanol–water partition coefficient (Wildman–Crippen LogP) is 0.235. The molecule has 0 aromatic heterocycles. The van der Waals surface area contributed by atoms with Crippen LogP contribution in [0.4, 0.5) is 0 Å². The Bertz CT molecular complexity index is 127. The molecule has 0 bridgehead atoms. The molecule has 4 nitrogen and oxygen atoms in total. The first-order chi connectivity index (χ1) is 6.08. The second kappa shape index (κ2) is 17.0. The fourth-order valence-corrected chi connectivity index (χ4v) is 0.280. The smallest absolute Gasteiger partial charge is 0.219 e. The normalized spacial score (nSPS) is 9.38. The van der Waals surface area contributed by atoms with Crippen LogP contribution >= 0.6 is 0 Å². The van der Waals surface area contributed by atoms with E-state index in [-0.39, 0.29) is 6.42 Å². The largest absolute Gasteiger partial charge is 0.370 e. The van der Waals surface area contributed by atoms with Crippen LogP contribution in [0.5, 0.6) is 0 Å². The van der Waals surface area contributed by atoms with E-state index in [1.165, 1.54) is 0 Å². The summed E-state index contributed by atoms with van der Waals surface area (Å²) in [5, 5.41) is 0. The summed E-state index contributed by atoms with van der Waals surface area (Å²) in [6, 6.07) is -0.729. The molecular weight excluding hydrogens is 168 g/mol. The summed E-state index contributed by atoms with van der Waals surface area (Å²) in [6.07, 6.45) is 1.17. The van der Waals surface area contributed by atoms with Gasteiger partial charge in [-0.15, -0.1) is 13.2 Å². The van der Waals surface area contributed by atoms with Crippen molar-refractivity contribution in [3.8, 4) is 0 Å². The molecule has 0 spiro atoms. The molecule has 1 amide bonds. The highest BCUT2D eigenvalue weighted by atomic mass is 16.1. The van der Waals surface area contributed by atoms with E-state index in [2.05, 4.69) is 27.0 Å². The first-order valence-corrected chi connectivity index (χ1v) is 3.66. The Morgan fingerprint density at radius 2 is 1.92 bits per heavy atom. The van der Waals surface area contributed by atoms with Gasteiger partial charge in [-0.2, -0.15) is 0 Å². The highest BCUT2D eigenvalue weighted by Gasteiger charge is 2.02. The summed E-state index contributed by atoms with van der Waals surface area (Å²) in [4.78, 5) is 19.7. The minimum absolute atomic E-state index is 0.0660. The first-order valence-electron chi connectivity index (χ1n) is 3.66. The lowest BCUT2D eigenvalue weighted by atomic mass is 10.2. The van der Waals surface area contributed by atoms with Crippen LogP contribution in [0.2, 0.25) is 0 Å². The lowest BCUT2D eigenvalue weighted by Crippen LogP contribution is -2.28. The SMILES string of the molecule is C=C.NC(=O)C[C@@H](N)C=O.[CH2+]C[CH2-]. The standard InChI is InChI=1S/C4H8N2O2.C3H6.C2H4/c5-3(2-7)1-4(6)8;1-3-2;1-2/h2-3H,1,5H2,(H2,6,8);1-3H2;1-2H2/t3-;;/m1../s1. The molecule has 0 fully saturated rings. The van der Waals surface area contributed by atoms with Gasteiger partial charge in [0.2, 0.25) is 5.91 Å². The zero-order chi connectivity index (χ0) is 11.3. The molecule has 0 unspecified atom stereocenters. The van der Waals surface area contributed by atoms with Crippen LogP contribution in [0, 0.1) is 13.8 Å². The quantitative estimate of drug-likeness (QED) is 0.376. The molecular formula is C9H18N2O2. The number of carbonyl (C=O) groups is 2. The van der Waals surface area contributed by atoms with E-state index in [0.717, 1.165) is 6.42 Å². The van der Waals surface area contributed by atoms with Gasteiger partial charge in [-0.25, -0.2) is 0 Å². The number of primary amides is 1. The molecule has 4 heteroatoms. The van der Waals surface area contributed by atoms with Crippen molar-refractivity contribution < 1.29 is 9.59 Å². The molecule has 0 saturated carbocycles. The highest BCUT2D eigenvalue weighted by molar-refractivity contribution is 5.78. The molecule has 0 aliphatic rings. The Balaban J connectivity index is -0.000000169. The van der Waals surface area contributed by atoms with Crippen LogP contribution in [-0.2, 0) is 9.59 Å². The number of hydrogen-bond donors (Lipinski definition) is 2. The molecule has 1 atom stereocenters. The molecule has 0 aromatic carbocycles. The minimum Gasteiger partial charge on any atom is -0.370 e. The van der Waals surface area contributed by atoms with E-state index < -0.39 is 11.9 Å². The van der Waals surface area contributed by atoms with E-state index in [1.54, 1.807) is 0 Å². The fraction of sp³-hybridized carbons (Fsp3) is 0.333. The molecule has 0 aliphatic heterocycles. The Morgan fingerprint density at radius 1 is 1.62 bits per heavy atom. The number of aldehydes is 1. The van der Waals surface area contributed by atoms with Crippen molar-refractivity contribution in [3.63, 3.8) is 0 Å². The van der Waals surface area contributed by atoms with E-state index in [0.29, 0.717) is 6.29 Å². The van der Waals surface area contributed by atoms with Gasteiger partial charge in [0.05, 0.1) is 6.04 Å². The molecule has 0 aromatic rings. The maximum atomic E-state index is 9.95. The van der Waals surface area contributed by atoms with Gasteiger partial charge in [0.25, 0.3) is 0 Å². The van der Waals surface area contributed by atoms with Gasteiger partial charge in [0.15, 0.2) is 0 Å². The minimum atomic E-state index is -0.729. The highest BCUT2D eigenvalue weighted by Crippen LogP contribution is 1.78.